The minimum absolute atomic E-state index is 0.0175. The summed E-state index contributed by atoms with van der Waals surface area (Å²) >= 11 is 0. The van der Waals surface area contributed by atoms with Gasteiger partial charge in [-0.05, 0) is 37.1 Å². The lowest BCUT2D eigenvalue weighted by molar-refractivity contribution is -0.144. The van der Waals surface area contributed by atoms with Crippen molar-refractivity contribution in [2.24, 2.45) is 5.92 Å². The van der Waals surface area contributed by atoms with E-state index in [1.165, 1.54) is 37.4 Å². The third-order valence-corrected chi connectivity index (χ3v) is 5.61. The Morgan fingerprint density at radius 3 is 2.41 bits per heavy atom. The number of benzene rings is 1. The van der Waals surface area contributed by atoms with Gasteiger partial charge in [-0.25, -0.2) is 18.0 Å². The van der Waals surface area contributed by atoms with E-state index >= 15 is 0 Å². The van der Waals surface area contributed by atoms with Crippen molar-refractivity contribution in [1.82, 2.24) is 10.5 Å². The quantitative estimate of drug-likeness (QED) is 0.553. The first-order valence-corrected chi connectivity index (χ1v) is 10.4. The predicted octanol–water partition coefficient (Wildman–Crippen LogP) is 2.49. The molecule has 1 aromatic carbocycles. The Kier molecular flexibility index (Phi) is 7.21. The maximum atomic E-state index is 12.4. The maximum Gasteiger partial charge on any atom is 0.328 e. The summed E-state index contributed by atoms with van der Waals surface area (Å²) in [6.45, 7) is 5.36. The number of carbonyl (C=O) groups excluding carboxylic acids is 2. The van der Waals surface area contributed by atoms with Gasteiger partial charge in [0, 0.05) is 11.8 Å². The van der Waals surface area contributed by atoms with E-state index < -0.39 is 28.1 Å². The van der Waals surface area contributed by atoms with Gasteiger partial charge in [0.15, 0.2) is 5.82 Å². The van der Waals surface area contributed by atoms with Crippen LogP contribution in [0.4, 0.5) is 16.3 Å². The van der Waals surface area contributed by atoms with Gasteiger partial charge in [-0.3, -0.25) is 4.72 Å². The molecule has 0 aliphatic rings. The molecule has 10 nitrogen and oxygen atoms in total. The summed E-state index contributed by atoms with van der Waals surface area (Å²) < 4.78 is 36.6. The number of nitrogens with zero attached hydrogens (tertiary/aromatic N) is 1. The smallest absolute Gasteiger partial charge is 0.328 e. The van der Waals surface area contributed by atoms with E-state index in [1.54, 1.807) is 6.92 Å². The second-order valence-corrected chi connectivity index (χ2v) is 8.12. The van der Waals surface area contributed by atoms with Crippen molar-refractivity contribution in [2.75, 3.05) is 17.1 Å². The van der Waals surface area contributed by atoms with E-state index in [-0.39, 0.29) is 16.6 Å². The van der Waals surface area contributed by atoms with Crippen LogP contribution in [-0.4, -0.2) is 38.7 Å². The van der Waals surface area contributed by atoms with Crippen molar-refractivity contribution in [3.8, 4) is 0 Å². The fraction of sp³-hybridized carbons (Fsp3) is 0.389. The van der Waals surface area contributed by atoms with Gasteiger partial charge in [0.1, 0.15) is 11.8 Å². The van der Waals surface area contributed by atoms with Gasteiger partial charge in [-0.1, -0.05) is 25.4 Å². The number of urea groups is 1. The molecule has 2 atom stereocenters. The van der Waals surface area contributed by atoms with E-state index in [2.05, 4.69) is 20.5 Å². The van der Waals surface area contributed by atoms with Crippen LogP contribution in [-0.2, 0) is 19.6 Å². The fourth-order valence-electron chi connectivity index (χ4n) is 2.43. The average Bonchev–Trinajstić information content (AvgIpc) is 3.09. The molecule has 0 bridgehead atoms. The highest BCUT2D eigenvalue weighted by Crippen LogP contribution is 2.18. The van der Waals surface area contributed by atoms with E-state index in [9.17, 15) is 18.0 Å². The van der Waals surface area contributed by atoms with Crippen LogP contribution in [0.1, 0.15) is 26.0 Å². The number of methoxy groups -OCH3 is 1. The Balaban J connectivity index is 2.04. The first kappa shape index (κ1) is 22.2. The van der Waals surface area contributed by atoms with Gasteiger partial charge >= 0.3 is 12.0 Å². The summed E-state index contributed by atoms with van der Waals surface area (Å²) in [5.41, 5.74) is 0.353. The van der Waals surface area contributed by atoms with Crippen LogP contribution in [0.2, 0.25) is 0 Å². The molecule has 0 saturated carbocycles. The summed E-state index contributed by atoms with van der Waals surface area (Å²) in [7, 11) is -2.60. The van der Waals surface area contributed by atoms with Crippen LogP contribution in [0, 0.1) is 12.8 Å². The minimum atomic E-state index is -3.86. The lowest BCUT2D eigenvalue weighted by Crippen LogP contribution is -2.47. The Morgan fingerprint density at radius 2 is 1.90 bits per heavy atom. The molecule has 158 valence electrons. The van der Waals surface area contributed by atoms with E-state index in [0.717, 1.165) is 0 Å². The number of sulfonamides is 1. The number of esters is 1. The Labute approximate surface area is 169 Å². The molecular weight excluding hydrogens is 400 g/mol. The fourth-order valence-corrected chi connectivity index (χ4v) is 3.42. The molecule has 0 saturated heterocycles. The monoisotopic (exact) mass is 424 g/mol. The highest BCUT2D eigenvalue weighted by Gasteiger charge is 2.26. The number of aryl methyl sites for hydroxylation is 1. The molecule has 0 aliphatic carbocycles. The molecule has 2 rings (SSSR count). The van der Waals surface area contributed by atoms with Crippen LogP contribution in [0.25, 0.3) is 0 Å². The van der Waals surface area contributed by atoms with Crippen LogP contribution in [0.5, 0.6) is 0 Å². The van der Waals surface area contributed by atoms with Crippen molar-refractivity contribution in [3.63, 3.8) is 0 Å². The Bertz CT molecular complexity index is 955. The van der Waals surface area contributed by atoms with Crippen LogP contribution >= 0.6 is 0 Å². The Morgan fingerprint density at radius 1 is 1.24 bits per heavy atom. The largest absolute Gasteiger partial charge is 0.467 e. The number of carbonyl (C=O) groups is 2. The van der Waals surface area contributed by atoms with Crippen molar-refractivity contribution in [2.45, 2.75) is 38.1 Å². The van der Waals surface area contributed by atoms with Crippen molar-refractivity contribution in [3.05, 3.63) is 36.1 Å². The molecule has 2 amide bonds. The number of rotatable bonds is 8. The van der Waals surface area contributed by atoms with E-state index in [4.69, 9.17) is 9.26 Å². The lowest BCUT2D eigenvalue weighted by Gasteiger charge is -2.22. The molecule has 3 N–H and O–H groups in total. The van der Waals surface area contributed by atoms with E-state index in [1.807, 2.05) is 13.8 Å². The number of ether oxygens (including phenoxy) is 1. The molecule has 0 spiro atoms. The third kappa shape index (κ3) is 5.95. The Hall–Kier alpha value is -3.08. The number of aromatic nitrogens is 1. The summed E-state index contributed by atoms with van der Waals surface area (Å²) in [6.07, 6.45) is 0.671. The molecular formula is C18H24N4O6S. The van der Waals surface area contributed by atoms with Crippen molar-refractivity contribution < 1.29 is 27.3 Å². The summed E-state index contributed by atoms with van der Waals surface area (Å²) in [5.74, 6) is -0.115. The molecule has 1 aromatic heterocycles. The highest BCUT2D eigenvalue weighted by atomic mass is 32.2. The third-order valence-electron chi connectivity index (χ3n) is 4.24. The second kappa shape index (κ2) is 9.41. The number of amides is 2. The summed E-state index contributed by atoms with van der Waals surface area (Å²) in [5, 5.41) is 8.72. The number of anilines is 2. The summed E-state index contributed by atoms with van der Waals surface area (Å²) in [4.78, 5) is 24.0. The van der Waals surface area contributed by atoms with Gasteiger partial charge in [-0.2, -0.15) is 0 Å². The summed E-state index contributed by atoms with van der Waals surface area (Å²) in [6, 6.07) is 5.57. The highest BCUT2D eigenvalue weighted by molar-refractivity contribution is 7.92. The standard InChI is InChI=1S/C18H24N4O6S/c1-5-11(2)16(17(23)27-4)20-18(24)19-13-6-8-14(9-7-13)29(25,26)22-15-10-12(3)28-21-15/h6-11,16H,5H2,1-4H3,(H,21,22)(H2,19,20,24)/t11-,16+/m1/s1. The lowest BCUT2D eigenvalue weighted by atomic mass is 9.99. The number of hydrogen-bond acceptors (Lipinski definition) is 7. The SMILES string of the molecule is CC[C@@H](C)[C@H](NC(=O)Nc1ccc(S(=O)(=O)Nc2cc(C)on2)cc1)C(=O)OC. The average molecular weight is 424 g/mol. The number of hydrogen-bond donors (Lipinski definition) is 3. The minimum Gasteiger partial charge on any atom is -0.467 e. The van der Waals surface area contributed by atoms with Crippen molar-refractivity contribution >= 4 is 33.5 Å². The van der Waals surface area contributed by atoms with Gasteiger partial charge in [0.05, 0.1) is 12.0 Å². The second-order valence-electron chi connectivity index (χ2n) is 6.44. The topological polar surface area (TPSA) is 140 Å². The maximum absolute atomic E-state index is 12.4. The molecule has 0 radical (unpaired) electrons. The first-order chi connectivity index (χ1) is 13.7. The molecule has 0 aliphatic heterocycles. The van der Waals surface area contributed by atoms with Gasteiger partial charge in [-0.15, -0.1) is 0 Å². The van der Waals surface area contributed by atoms with Crippen LogP contribution in [0.3, 0.4) is 0 Å². The predicted molar refractivity (Wildman–Crippen MR) is 106 cm³/mol. The zero-order chi connectivity index (χ0) is 21.6. The number of nitrogens with one attached hydrogen (secondary N) is 3. The molecule has 0 fully saturated rings. The van der Waals surface area contributed by atoms with E-state index in [0.29, 0.717) is 17.9 Å². The zero-order valence-corrected chi connectivity index (χ0v) is 17.4. The normalized spacial score (nSPS) is 13.2. The van der Waals surface area contributed by atoms with Gasteiger partial charge in [0.25, 0.3) is 10.0 Å². The molecule has 29 heavy (non-hydrogen) atoms. The molecule has 11 heteroatoms. The van der Waals surface area contributed by atoms with Gasteiger partial charge < -0.3 is 19.9 Å². The van der Waals surface area contributed by atoms with Crippen LogP contribution < -0.4 is 15.4 Å². The van der Waals surface area contributed by atoms with Crippen LogP contribution in [0.15, 0.2) is 39.8 Å². The van der Waals surface area contributed by atoms with Crippen molar-refractivity contribution in [1.29, 1.82) is 0 Å². The first-order valence-electron chi connectivity index (χ1n) is 8.87. The zero-order valence-electron chi connectivity index (χ0n) is 16.6. The van der Waals surface area contributed by atoms with Gasteiger partial charge in [0.2, 0.25) is 0 Å². The molecule has 0 unspecified atom stereocenters. The molecule has 1 heterocycles. The molecule has 2 aromatic rings.